The molecule has 0 bridgehead atoms. The summed E-state index contributed by atoms with van der Waals surface area (Å²) in [5, 5.41) is 11.7. The van der Waals surface area contributed by atoms with Crippen molar-refractivity contribution in [2.24, 2.45) is 5.92 Å². The summed E-state index contributed by atoms with van der Waals surface area (Å²) in [6, 6.07) is 7.51. The molecule has 1 aromatic rings. The standard InChI is InChI=1S/C16H22N2O3/c1-11-9-12(2)18(10-11)16(21)17-14-6-4-3-5-13(14)7-8-15(19)20/h3-6,11-12H,7-10H2,1-2H3,(H,17,21)(H,19,20). The molecule has 1 fully saturated rings. The second-order valence-corrected chi connectivity index (χ2v) is 5.82. The quantitative estimate of drug-likeness (QED) is 0.895. The van der Waals surface area contributed by atoms with Crippen LogP contribution in [0.5, 0.6) is 0 Å². The highest BCUT2D eigenvalue weighted by Gasteiger charge is 2.30. The highest BCUT2D eigenvalue weighted by Crippen LogP contribution is 2.24. The maximum absolute atomic E-state index is 12.4. The number of carbonyl (C=O) groups excluding carboxylic acids is 1. The minimum atomic E-state index is -0.835. The van der Waals surface area contributed by atoms with E-state index in [9.17, 15) is 9.59 Å². The Balaban J connectivity index is 2.05. The first-order chi connectivity index (χ1) is 9.97. The molecule has 114 valence electrons. The molecule has 5 nitrogen and oxygen atoms in total. The zero-order chi connectivity index (χ0) is 15.4. The molecule has 1 heterocycles. The number of nitrogens with one attached hydrogen (secondary N) is 1. The lowest BCUT2D eigenvalue weighted by atomic mass is 10.1. The fourth-order valence-corrected chi connectivity index (χ4v) is 2.87. The molecule has 2 amide bonds. The molecule has 0 spiro atoms. The second kappa shape index (κ2) is 6.61. The van der Waals surface area contributed by atoms with E-state index in [0.29, 0.717) is 18.0 Å². The van der Waals surface area contributed by atoms with E-state index in [-0.39, 0.29) is 18.5 Å². The number of anilines is 1. The minimum Gasteiger partial charge on any atom is -0.481 e. The van der Waals surface area contributed by atoms with E-state index in [1.54, 1.807) is 0 Å². The topological polar surface area (TPSA) is 69.6 Å². The van der Waals surface area contributed by atoms with E-state index in [1.807, 2.05) is 29.2 Å². The van der Waals surface area contributed by atoms with Gasteiger partial charge in [-0.1, -0.05) is 25.1 Å². The Kier molecular flexibility index (Phi) is 4.83. The normalized spacial score (nSPS) is 21.3. The number of benzene rings is 1. The first kappa shape index (κ1) is 15.4. The fourth-order valence-electron chi connectivity index (χ4n) is 2.87. The van der Waals surface area contributed by atoms with Gasteiger partial charge in [0.2, 0.25) is 0 Å². The largest absolute Gasteiger partial charge is 0.481 e. The summed E-state index contributed by atoms with van der Waals surface area (Å²) >= 11 is 0. The van der Waals surface area contributed by atoms with Crippen LogP contribution in [0.3, 0.4) is 0 Å². The Hall–Kier alpha value is -2.04. The van der Waals surface area contributed by atoms with E-state index in [0.717, 1.165) is 18.5 Å². The smallest absolute Gasteiger partial charge is 0.322 e. The molecule has 2 atom stereocenters. The summed E-state index contributed by atoms with van der Waals surface area (Å²) < 4.78 is 0. The van der Waals surface area contributed by atoms with Crippen molar-refractivity contribution >= 4 is 17.7 Å². The van der Waals surface area contributed by atoms with E-state index >= 15 is 0 Å². The highest BCUT2D eigenvalue weighted by molar-refractivity contribution is 5.90. The number of carboxylic acid groups (broad SMARTS) is 1. The number of rotatable bonds is 4. The number of likely N-dealkylation sites (tertiary alicyclic amines) is 1. The molecule has 2 N–H and O–H groups in total. The molecule has 1 saturated heterocycles. The molecule has 0 aromatic heterocycles. The molecule has 2 rings (SSSR count). The minimum absolute atomic E-state index is 0.0596. The van der Waals surface area contributed by atoms with Crippen LogP contribution in [0.4, 0.5) is 10.5 Å². The number of urea groups is 1. The molecule has 0 saturated carbocycles. The van der Waals surface area contributed by atoms with Gasteiger partial charge in [-0.2, -0.15) is 0 Å². The van der Waals surface area contributed by atoms with Crippen LogP contribution in [-0.2, 0) is 11.2 Å². The van der Waals surface area contributed by atoms with Crippen LogP contribution in [0.25, 0.3) is 0 Å². The maximum atomic E-state index is 12.4. The average Bonchev–Trinajstić information content (AvgIpc) is 2.76. The second-order valence-electron chi connectivity index (χ2n) is 5.82. The van der Waals surface area contributed by atoms with Gasteiger partial charge in [0.1, 0.15) is 0 Å². The van der Waals surface area contributed by atoms with Crippen molar-refractivity contribution in [1.29, 1.82) is 0 Å². The summed E-state index contributed by atoms with van der Waals surface area (Å²) in [5.41, 5.74) is 1.56. The van der Waals surface area contributed by atoms with Gasteiger partial charge in [0.05, 0.1) is 0 Å². The van der Waals surface area contributed by atoms with Gasteiger partial charge in [-0.05, 0) is 37.3 Å². The number of carbonyl (C=O) groups is 2. The van der Waals surface area contributed by atoms with E-state index in [4.69, 9.17) is 5.11 Å². The van der Waals surface area contributed by atoms with Crippen LogP contribution < -0.4 is 5.32 Å². The first-order valence-corrected chi connectivity index (χ1v) is 7.34. The summed E-state index contributed by atoms with van der Waals surface area (Å²) in [5.74, 6) is -0.314. The Bertz CT molecular complexity index is 530. The molecule has 0 aliphatic carbocycles. The molecule has 1 aliphatic heterocycles. The molecule has 1 aliphatic rings. The van der Waals surface area contributed by atoms with Crippen LogP contribution in [0.1, 0.15) is 32.3 Å². The van der Waals surface area contributed by atoms with Gasteiger partial charge in [-0.15, -0.1) is 0 Å². The monoisotopic (exact) mass is 290 g/mol. The molecule has 5 heteroatoms. The number of nitrogens with zero attached hydrogens (tertiary/aromatic N) is 1. The summed E-state index contributed by atoms with van der Waals surface area (Å²) in [4.78, 5) is 24.9. The van der Waals surface area contributed by atoms with Crippen LogP contribution in [-0.4, -0.2) is 34.6 Å². The third kappa shape index (κ3) is 3.97. The van der Waals surface area contributed by atoms with Crippen molar-refractivity contribution in [1.82, 2.24) is 4.90 Å². The van der Waals surface area contributed by atoms with Crippen molar-refractivity contribution in [3.63, 3.8) is 0 Å². The Morgan fingerprint density at radius 1 is 1.33 bits per heavy atom. The van der Waals surface area contributed by atoms with Crippen LogP contribution in [0, 0.1) is 5.92 Å². The van der Waals surface area contributed by atoms with Crippen molar-refractivity contribution in [2.75, 3.05) is 11.9 Å². The van der Waals surface area contributed by atoms with E-state index in [2.05, 4.69) is 19.2 Å². The van der Waals surface area contributed by atoms with Crippen LogP contribution >= 0.6 is 0 Å². The predicted molar refractivity (Wildman–Crippen MR) is 81.4 cm³/mol. The third-order valence-electron chi connectivity index (χ3n) is 3.91. The van der Waals surface area contributed by atoms with E-state index < -0.39 is 5.97 Å². The van der Waals surface area contributed by atoms with Gasteiger partial charge in [-0.25, -0.2) is 4.79 Å². The van der Waals surface area contributed by atoms with Gasteiger partial charge in [0.15, 0.2) is 0 Å². The van der Waals surface area contributed by atoms with Gasteiger partial charge < -0.3 is 15.3 Å². The molecule has 21 heavy (non-hydrogen) atoms. The lowest BCUT2D eigenvalue weighted by Crippen LogP contribution is -2.37. The molecule has 1 aromatic carbocycles. The number of carboxylic acids is 1. The molecular formula is C16H22N2O3. The first-order valence-electron chi connectivity index (χ1n) is 7.34. The predicted octanol–water partition coefficient (Wildman–Crippen LogP) is 2.97. The SMILES string of the molecule is CC1CC(C)N(C(=O)Nc2ccccc2CCC(=O)O)C1. The maximum Gasteiger partial charge on any atom is 0.322 e. The van der Waals surface area contributed by atoms with Crippen molar-refractivity contribution in [3.05, 3.63) is 29.8 Å². The van der Waals surface area contributed by atoms with Crippen LogP contribution in [0.15, 0.2) is 24.3 Å². The lowest BCUT2D eigenvalue weighted by molar-refractivity contribution is -0.136. The molecular weight excluding hydrogens is 268 g/mol. The van der Waals surface area contributed by atoms with Gasteiger partial charge in [0, 0.05) is 24.7 Å². The molecule has 2 unspecified atom stereocenters. The Labute approximate surface area is 125 Å². The van der Waals surface area contributed by atoms with E-state index in [1.165, 1.54) is 0 Å². The van der Waals surface area contributed by atoms with Gasteiger partial charge in [-0.3, -0.25) is 4.79 Å². The van der Waals surface area contributed by atoms with Crippen molar-refractivity contribution in [2.45, 2.75) is 39.2 Å². The average molecular weight is 290 g/mol. The third-order valence-corrected chi connectivity index (χ3v) is 3.91. The summed E-state index contributed by atoms with van der Waals surface area (Å²) in [6.07, 6.45) is 1.50. The number of amides is 2. The van der Waals surface area contributed by atoms with Crippen LogP contribution in [0.2, 0.25) is 0 Å². The zero-order valence-electron chi connectivity index (χ0n) is 12.5. The van der Waals surface area contributed by atoms with Crippen molar-refractivity contribution in [3.8, 4) is 0 Å². The summed E-state index contributed by atoms with van der Waals surface area (Å²) in [7, 11) is 0. The van der Waals surface area contributed by atoms with Gasteiger partial charge in [0.25, 0.3) is 0 Å². The number of aliphatic carboxylic acids is 1. The number of hydrogen-bond acceptors (Lipinski definition) is 2. The Morgan fingerprint density at radius 2 is 2.05 bits per heavy atom. The molecule has 0 radical (unpaired) electrons. The summed E-state index contributed by atoms with van der Waals surface area (Å²) in [6.45, 7) is 4.97. The van der Waals surface area contributed by atoms with Crippen molar-refractivity contribution < 1.29 is 14.7 Å². The number of aryl methyl sites for hydroxylation is 1. The fraction of sp³-hybridized carbons (Fsp3) is 0.500. The number of para-hydroxylation sites is 1. The number of hydrogen-bond donors (Lipinski definition) is 2. The lowest BCUT2D eigenvalue weighted by Gasteiger charge is -2.22. The zero-order valence-corrected chi connectivity index (χ0v) is 12.5. The Morgan fingerprint density at radius 3 is 2.67 bits per heavy atom. The highest BCUT2D eigenvalue weighted by atomic mass is 16.4. The van der Waals surface area contributed by atoms with Gasteiger partial charge >= 0.3 is 12.0 Å².